The second kappa shape index (κ2) is 5.56. The first-order valence-corrected chi connectivity index (χ1v) is 12.5. The van der Waals surface area contributed by atoms with Gasteiger partial charge in [0.05, 0.1) is 23.7 Å². The molecule has 0 N–H and O–H groups in total. The number of thioether (sulfide) groups is 1. The fourth-order valence-corrected chi connectivity index (χ4v) is 9.24. The molecular formula is C26H14O4S2. The van der Waals surface area contributed by atoms with E-state index in [9.17, 15) is 19.2 Å². The van der Waals surface area contributed by atoms with Gasteiger partial charge in [0.25, 0.3) is 0 Å². The van der Waals surface area contributed by atoms with Crippen LogP contribution in [0.3, 0.4) is 0 Å². The molecule has 0 fully saturated rings. The van der Waals surface area contributed by atoms with Crippen LogP contribution in [0.25, 0.3) is 15.7 Å². The third-order valence-electron chi connectivity index (χ3n) is 7.79. The average molecular weight is 455 g/mol. The molecule has 2 aromatic rings. The smallest absolute Gasteiger partial charge is 0.210 e. The molecule has 1 aromatic carbocycles. The molecule has 4 nitrogen and oxygen atoms in total. The Kier molecular flexibility index (Phi) is 3.07. The SMILES string of the molecule is O=C1C(=O)C2C=CC1C1=C2CC2Sc3c(sc4cc5c(cc34)C3C=CC5C(=O)C3=O)C2=C1. The summed E-state index contributed by atoms with van der Waals surface area (Å²) in [6.45, 7) is 0. The standard InChI is InChI=1S/C26H14O4S2/c27-21-9-1-3-11(23(21)29)15-7-19-17(5-13(9)15)25-26(31-19)18-6-14-10-2-4-12(24(30)22(10)28)16(14)8-20(18)32-25/h1-7,9-12,20H,8H2. The van der Waals surface area contributed by atoms with Crippen molar-refractivity contribution in [2.24, 2.45) is 11.8 Å². The number of thiophene rings is 1. The van der Waals surface area contributed by atoms with E-state index in [-0.39, 0.29) is 34.3 Å². The topological polar surface area (TPSA) is 68.3 Å². The number of allylic oxidation sites excluding steroid dienone is 7. The van der Waals surface area contributed by atoms with Crippen LogP contribution in [0.15, 0.2) is 58.6 Å². The number of hydrogen-bond acceptors (Lipinski definition) is 6. The number of ketones is 4. The van der Waals surface area contributed by atoms with E-state index in [1.807, 2.05) is 36.1 Å². The maximum Gasteiger partial charge on any atom is 0.210 e. The number of hydrogen-bond donors (Lipinski definition) is 0. The highest BCUT2D eigenvalue weighted by Crippen LogP contribution is 2.59. The van der Waals surface area contributed by atoms with E-state index in [0.717, 1.165) is 38.8 Å². The lowest BCUT2D eigenvalue weighted by Crippen LogP contribution is -2.41. The van der Waals surface area contributed by atoms with Gasteiger partial charge in [-0.05, 0) is 46.4 Å². The molecule has 10 rings (SSSR count). The van der Waals surface area contributed by atoms with Crippen LogP contribution >= 0.6 is 23.1 Å². The maximum absolute atomic E-state index is 12.5. The molecule has 2 heterocycles. The normalized spacial score (nSPS) is 33.1. The lowest BCUT2D eigenvalue weighted by Gasteiger charge is -2.36. The molecule has 0 amide bonds. The Balaban J connectivity index is 1.30. The van der Waals surface area contributed by atoms with Gasteiger partial charge in [-0.15, -0.1) is 23.1 Å². The summed E-state index contributed by atoms with van der Waals surface area (Å²) in [6.07, 6.45) is 10.5. The Morgan fingerprint density at radius 2 is 1.38 bits per heavy atom. The van der Waals surface area contributed by atoms with Crippen molar-refractivity contribution in [2.75, 3.05) is 0 Å². The molecule has 0 radical (unpaired) electrons. The Morgan fingerprint density at radius 1 is 0.750 bits per heavy atom. The quantitative estimate of drug-likeness (QED) is 0.439. The zero-order chi connectivity index (χ0) is 21.5. The van der Waals surface area contributed by atoms with Crippen LogP contribution in [0.1, 0.15) is 34.3 Å². The zero-order valence-corrected chi connectivity index (χ0v) is 18.2. The van der Waals surface area contributed by atoms with Gasteiger partial charge in [0, 0.05) is 25.1 Å². The van der Waals surface area contributed by atoms with Crippen LogP contribution in [-0.2, 0) is 19.2 Å². The van der Waals surface area contributed by atoms with Gasteiger partial charge in [-0.25, -0.2) is 0 Å². The first kappa shape index (κ1) is 17.7. The first-order valence-electron chi connectivity index (χ1n) is 10.8. The summed E-state index contributed by atoms with van der Waals surface area (Å²) in [5.74, 6) is -2.84. The number of carbonyl (C=O) groups excluding carboxylic acids is 4. The van der Waals surface area contributed by atoms with E-state index in [1.54, 1.807) is 11.3 Å². The van der Waals surface area contributed by atoms with Crippen molar-refractivity contribution in [3.8, 4) is 0 Å². The summed E-state index contributed by atoms with van der Waals surface area (Å²) in [4.78, 5) is 52.2. The van der Waals surface area contributed by atoms with Crippen molar-refractivity contribution in [3.05, 3.63) is 69.7 Å². The first-order chi connectivity index (χ1) is 15.5. The Bertz CT molecular complexity index is 1530. The van der Waals surface area contributed by atoms with E-state index in [1.165, 1.54) is 15.3 Å². The number of benzene rings is 1. The third-order valence-corrected chi connectivity index (χ3v) is 10.5. The molecular weight excluding hydrogens is 440 g/mol. The molecule has 32 heavy (non-hydrogen) atoms. The average Bonchev–Trinajstić information content (AvgIpc) is 3.32. The molecule has 1 aromatic heterocycles. The van der Waals surface area contributed by atoms with Crippen molar-refractivity contribution in [2.45, 2.75) is 28.4 Å². The number of carbonyl (C=O) groups is 4. The van der Waals surface area contributed by atoms with Crippen molar-refractivity contribution >= 4 is 61.9 Å². The summed E-state index contributed by atoms with van der Waals surface area (Å²) < 4.78 is 1.14. The molecule has 7 aliphatic carbocycles. The summed E-state index contributed by atoms with van der Waals surface area (Å²) in [5, 5.41) is 1.40. The largest absolute Gasteiger partial charge is 0.290 e. The lowest BCUT2D eigenvalue weighted by atomic mass is 9.66. The van der Waals surface area contributed by atoms with Gasteiger partial charge < -0.3 is 0 Å². The van der Waals surface area contributed by atoms with Crippen LogP contribution in [0.5, 0.6) is 0 Å². The zero-order valence-electron chi connectivity index (χ0n) is 16.6. The minimum absolute atomic E-state index is 0.255. The highest BCUT2D eigenvalue weighted by atomic mass is 32.2. The van der Waals surface area contributed by atoms with Crippen molar-refractivity contribution in [3.63, 3.8) is 0 Å². The van der Waals surface area contributed by atoms with Crippen molar-refractivity contribution in [1.82, 2.24) is 0 Å². The predicted octanol–water partition coefficient (Wildman–Crippen LogP) is 4.30. The fourth-order valence-electron chi connectivity index (χ4n) is 6.25. The minimum Gasteiger partial charge on any atom is -0.290 e. The van der Waals surface area contributed by atoms with E-state index < -0.39 is 17.8 Å². The highest BCUT2D eigenvalue weighted by Gasteiger charge is 2.48. The Labute approximate surface area is 190 Å². The Morgan fingerprint density at radius 3 is 2.16 bits per heavy atom. The molecule has 0 spiro atoms. The summed E-state index contributed by atoms with van der Waals surface area (Å²) >= 11 is 3.56. The molecule has 0 saturated heterocycles. The molecule has 154 valence electrons. The predicted molar refractivity (Wildman–Crippen MR) is 122 cm³/mol. The second-order valence-electron chi connectivity index (χ2n) is 9.27. The second-order valence-corrected chi connectivity index (χ2v) is 11.5. The van der Waals surface area contributed by atoms with Gasteiger partial charge in [-0.2, -0.15) is 0 Å². The highest BCUT2D eigenvalue weighted by molar-refractivity contribution is 8.01. The molecule has 5 atom stereocenters. The van der Waals surface area contributed by atoms with Gasteiger partial charge in [-0.3, -0.25) is 19.2 Å². The van der Waals surface area contributed by atoms with Crippen LogP contribution in [0, 0.1) is 11.8 Å². The minimum atomic E-state index is -0.456. The summed E-state index contributed by atoms with van der Waals surface area (Å²) in [7, 11) is 0. The molecule has 0 saturated carbocycles. The molecule has 6 heteroatoms. The van der Waals surface area contributed by atoms with Crippen molar-refractivity contribution < 1.29 is 19.2 Å². The monoisotopic (exact) mass is 454 g/mol. The van der Waals surface area contributed by atoms with Gasteiger partial charge in [0.1, 0.15) is 0 Å². The molecule has 4 bridgehead atoms. The third kappa shape index (κ3) is 1.89. The van der Waals surface area contributed by atoms with Crippen LogP contribution in [-0.4, -0.2) is 28.4 Å². The molecule has 5 unspecified atom stereocenters. The molecule has 1 aliphatic heterocycles. The lowest BCUT2D eigenvalue weighted by molar-refractivity contribution is -0.139. The molecule has 8 aliphatic rings. The number of rotatable bonds is 0. The Hall–Kier alpha value is -2.83. The van der Waals surface area contributed by atoms with E-state index in [0.29, 0.717) is 0 Å². The van der Waals surface area contributed by atoms with Crippen LogP contribution in [0.2, 0.25) is 0 Å². The summed E-state index contributed by atoms with van der Waals surface area (Å²) in [6, 6.07) is 4.23. The number of fused-ring (bicyclic) bond motifs is 7. The van der Waals surface area contributed by atoms with Gasteiger partial charge in [-0.1, -0.05) is 30.4 Å². The fraction of sp³-hybridized carbons (Fsp3) is 0.231. The van der Waals surface area contributed by atoms with Crippen LogP contribution < -0.4 is 0 Å². The summed E-state index contributed by atoms with van der Waals surface area (Å²) in [5.41, 5.74) is 5.33. The van der Waals surface area contributed by atoms with E-state index >= 15 is 0 Å². The van der Waals surface area contributed by atoms with Gasteiger partial charge in [0.15, 0.2) is 0 Å². The van der Waals surface area contributed by atoms with E-state index in [2.05, 4.69) is 18.2 Å². The van der Waals surface area contributed by atoms with Gasteiger partial charge in [0.2, 0.25) is 23.1 Å². The van der Waals surface area contributed by atoms with Gasteiger partial charge >= 0.3 is 0 Å². The maximum atomic E-state index is 12.5. The van der Waals surface area contributed by atoms with Crippen LogP contribution in [0.4, 0.5) is 0 Å². The number of Topliss-reactive ketones (excluding diaryl/α,β-unsaturated/α-hetero) is 4. The van der Waals surface area contributed by atoms with E-state index in [4.69, 9.17) is 0 Å². The van der Waals surface area contributed by atoms with Crippen molar-refractivity contribution in [1.29, 1.82) is 0 Å².